The zero-order chi connectivity index (χ0) is 12.0. The number of nitrogens with one attached hydrogen (secondary N) is 1. The van der Waals surface area contributed by atoms with E-state index in [1.54, 1.807) is 5.54 Å². The first kappa shape index (κ1) is 13.5. The van der Waals surface area contributed by atoms with Gasteiger partial charge in [-0.2, -0.15) is 0 Å². The Morgan fingerprint density at radius 2 is 2.06 bits per heavy atom. The number of halogens is 1. The molecule has 0 aromatic carbocycles. The van der Waals surface area contributed by atoms with Crippen LogP contribution >= 0.6 is 11.6 Å². The van der Waals surface area contributed by atoms with Gasteiger partial charge < -0.3 is 10.2 Å². The second kappa shape index (κ2) is 6.92. The molecule has 1 saturated heterocycles. The molecule has 4 heteroatoms. The van der Waals surface area contributed by atoms with Gasteiger partial charge in [0, 0.05) is 25.2 Å². The minimum atomic E-state index is -0.121. The molecule has 1 heterocycles. The SMILES string of the molecule is CC(=CCl)CNC(C)C(=O)N1CCCCC1. The molecule has 1 aliphatic rings. The predicted molar refractivity (Wildman–Crippen MR) is 67.5 cm³/mol. The Balaban J connectivity index is 2.34. The van der Waals surface area contributed by atoms with E-state index in [0.29, 0.717) is 6.54 Å². The minimum Gasteiger partial charge on any atom is -0.341 e. The van der Waals surface area contributed by atoms with Crippen molar-refractivity contribution in [3.8, 4) is 0 Å². The molecule has 3 nitrogen and oxygen atoms in total. The van der Waals surface area contributed by atoms with Crippen molar-refractivity contribution in [1.82, 2.24) is 10.2 Å². The summed E-state index contributed by atoms with van der Waals surface area (Å²) in [6, 6.07) is -0.121. The lowest BCUT2D eigenvalue weighted by Gasteiger charge is -2.29. The molecule has 1 fully saturated rings. The molecular weight excluding hydrogens is 224 g/mol. The molecule has 0 aromatic rings. The summed E-state index contributed by atoms with van der Waals surface area (Å²) in [5.74, 6) is 0.210. The lowest BCUT2D eigenvalue weighted by Crippen LogP contribution is -2.47. The molecule has 0 spiro atoms. The molecule has 1 aliphatic heterocycles. The van der Waals surface area contributed by atoms with Crippen LogP contribution in [0.2, 0.25) is 0 Å². The van der Waals surface area contributed by atoms with Crippen LogP contribution in [-0.4, -0.2) is 36.5 Å². The van der Waals surface area contributed by atoms with Gasteiger partial charge in [0.15, 0.2) is 0 Å². The van der Waals surface area contributed by atoms with E-state index in [-0.39, 0.29) is 11.9 Å². The molecule has 0 bridgehead atoms. The first-order valence-electron chi connectivity index (χ1n) is 5.93. The van der Waals surface area contributed by atoms with Crippen LogP contribution in [0, 0.1) is 0 Å². The summed E-state index contributed by atoms with van der Waals surface area (Å²) in [5, 5.41) is 3.19. The zero-order valence-corrected chi connectivity index (χ0v) is 10.9. The second-order valence-corrected chi connectivity index (χ2v) is 4.66. The maximum atomic E-state index is 12.0. The van der Waals surface area contributed by atoms with E-state index >= 15 is 0 Å². The summed E-state index contributed by atoms with van der Waals surface area (Å²) in [5.41, 5.74) is 2.59. The molecule has 1 rings (SSSR count). The Bertz CT molecular complexity index is 260. The number of hydrogen-bond donors (Lipinski definition) is 1. The van der Waals surface area contributed by atoms with Crippen LogP contribution in [0.15, 0.2) is 11.1 Å². The van der Waals surface area contributed by atoms with Crippen molar-refractivity contribution >= 4 is 17.5 Å². The number of carbonyl (C=O) groups is 1. The van der Waals surface area contributed by atoms with Crippen LogP contribution in [0.25, 0.3) is 0 Å². The largest absolute Gasteiger partial charge is 0.341 e. The average molecular weight is 245 g/mol. The van der Waals surface area contributed by atoms with Gasteiger partial charge in [0.05, 0.1) is 6.04 Å². The van der Waals surface area contributed by atoms with Crippen LogP contribution in [0.1, 0.15) is 33.1 Å². The van der Waals surface area contributed by atoms with E-state index in [4.69, 9.17) is 11.6 Å². The first-order valence-corrected chi connectivity index (χ1v) is 6.37. The lowest BCUT2D eigenvalue weighted by molar-refractivity contribution is -0.133. The highest BCUT2D eigenvalue weighted by molar-refractivity contribution is 6.25. The van der Waals surface area contributed by atoms with Gasteiger partial charge in [-0.25, -0.2) is 0 Å². The van der Waals surface area contributed by atoms with Gasteiger partial charge in [0.25, 0.3) is 0 Å². The molecule has 0 radical (unpaired) electrons. The topological polar surface area (TPSA) is 32.3 Å². The van der Waals surface area contributed by atoms with Gasteiger partial charge in [-0.1, -0.05) is 11.6 Å². The van der Waals surface area contributed by atoms with E-state index in [1.807, 2.05) is 18.7 Å². The smallest absolute Gasteiger partial charge is 0.239 e. The van der Waals surface area contributed by atoms with Crippen molar-refractivity contribution in [3.05, 3.63) is 11.1 Å². The van der Waals surface area contributed by atoms with E-state index in [9.17, 15) is 4.79 Å². The number of rotatable bonds is 4. The normalized spacial score (nSPS) is 19.7. The van der Waals surface area contributed by atoms with Crippen LogP contribution in [0.4, 0.5) is 0 Å². The minimum absolute atomic E-state index is 0.121. The molecule has 92 valence electrons. The number of piperidine rings is 1. The summed E-state index contributed by atoms with van der Waals surface area (Å²) >= 11 is 5.57. The molecular formula is C12H21ClN2O. The average Bonchev–Trinajstić information content (AvgIpc) is 2.35. The summed E-state index contributed by atoms with van der Waals surface area (Å²) in [6.07, 6.45) is 3.53. The molecule has 1 atom stereocenters. The Hall–Kier alpha value is -0.540. The number of likely N-dealkylation sites (tertiary alicyclic amines) is 1. The molecule has 1 amide bonds. The van der Waals surface area contributed by atoms with Crippen molar-refractivity contribution in [1.29, 1.82) is 0 Å². The molecule has 1 N–H and O–H groups in total. The van der Waals surface area contributed by atoms with E-state index in [2.05, 4.69) is 5.32 Å². The standard InChI is InChI=1S/C12H21ClN2O/c1-10(8-13)9-14-11(2)12(16)15-6-4-3-5-7-15/h8,11,14H,3-7,9H2,1-2H3. The highest BCUT2D eigenvalue weighted by atomic mass is 35.5. The van der Waals surface area contributed by atoms with E-state index < -0.39 is 0 Å². The van der Waals surface area contributed by atoms with Crippen molar-refractivity contribution < 1.29 is 4.79 Å². The van der Waals surface area contributed by atoms with Crippen molar-refractivity contribution in [2.45, 2.75) is 39.2 Å². The fourth-order valence-corrected chi connectivity index (χ4v) is 1.91. The monoisotopic (exact) mass is 244 g/mol. The highest BCUT2D eigenvalue weighted by Crippen LogP contribution is 2.10. The third-order valence-electron chi connectivity index (χ3n) is 2.91. The highest BCUT2D eigenvalue weighted by Gasteiger charge is 2.21. The quantitative estimate of drug-likeness (QED) is 0.822. The lowest BCUT2D eigenvalue weighted by atomic mass is 10.1. The van der Waals surface area contributed by atoms with Gasteiger partial charge in [-0.15, -0.1) is 0 Å². The number of amides is 1. The maximum absolute atomic E-state index is 12.0. The summed E-state index contributed by atoms with van der Waals surface area (Å²) in [4.78, 5) is 14.0. The van der Waals surface area contributed by atoms with E-state index in [1.165, 1.54) is 6.42 Å². The Kier molecular flexibility index (Phi) is 5.85. The molecule has 1 unspecified atom stereocenters. The Morgan fingerprint density at radius 1 is 1.44 bits per heavy atom. The number of carbonyl (C=O) groups excluding carboxylic acids is 1. The molecule has 0 saturated carbocycles. The van der Waals surface area contributed by atoms with Gasteiger partial charge in [0.2, 0.25) is 5.91 Å². The molecule has 16 heavy (non-hydrogen) atoms. The third-order valence-corrected chi connectivity index (χ3v) is 3.28. The fraction of sp³-hybridized carbons (Fsp3) is 0.750. The van der Waals surface area contributed by atoms with Crippen LogP contribution in [-0.2, 0) is 4.79 Å². The van der Waals surface area contributed by atoms with Crippen LogP contribution < -0.4 is 5.32 Å². The molecule has 0 aromatic heterocycles. The van der Waals surface area contributed by atoms with Crippen molar-refractivity contribution in [2.75, 3.05) is 19.6 Å². The zero-order valence-electron chi connectivity index (χ0n) is 10.1. The van der Waals surface area contributed by atoms with Gasteiger partial charge >= 0.3 is 0 Å². The summed E-state index contributed by atoms with van der Waals surface area (Å²) in [7, 11) is 0. The fourth-order valence-electron chi connectivity index (χ4n) is 1.83. The Labute approximate surface area is 103 Å². The summed E-state index contributed by atoms with van der Waals surface area (Å²) < 4.78 is 0. The number of nitrogens with zero attached hydrogens (tertiary/aromatic N) is 1. The van der Waals surface area contributed by atoms with Gasteiger partial charge in [0.1, 0.15) is 0 Å². The second-order valence-electron chi connectivity index (χ2n) is 4.44. The first-order chi connectivity index (χ1) is 7.65. The predicted octanol–water partition coefficient (Wildman–Crippen LogP) is 2.12. The summed E-state index contributed by atoms with van der Waals surface area (Å²) in [6.45, 7) is 6.35. The van der Waals surface area contributed by atoms with Crippen LogP contribution in [0.5, 0.6) is 0 Å². The van der Waals surface area contributed by atoms with Gasteiger partial charge in [-0.3, -0.25) is 4.79 Å². The Morgan fingerprint density at radius 3 is 2.62 bits per heavy atom. The molecule has 0 aliphatic carbocycles. The van der Waals surface area contributed by atoms with Crippen molar-refractivity contribution in [3.63, 3.8) is 0 Å². The van der Waals surface area contributed by atoms with E-state index in [0.717, 1.165) is 31.5 Å². The third kappa shape index (κ3) is 4.14. The van der Waals surface area contributed by atoms with Gasteiger partial charge in [-0.05, 0) is 38.7 Å². The maximum Gasteiger partial charge on any atom is 0.239 e. The van der Waals surface area contributed by atoms with Crippen molar-refractivity contribution in [2.24, 2.45) is 0 Å². The number of hydrogen-bond acceptors (Lipinski definition) is 2. The van der Waals surface area contributed by atoms with Crippen LogP contribution in [0.3, 0.4) is 0 Å².